The Labute approximate surface area is 198 Å². The fraction of sp³-hybridized carbons (Fsp3) is 0.583. The fourth-order valence-corrected chi connectivity index (χ4v) is 5.75. The molecule has 3 fully saturated rings. The van der Waals surface area contributed by atoms with E-state index in [1.165, 1.54) is 23.3 Å². The summed E-state index contributed by atoms with van der Waals surface area (Å²) >= 11 is 8.24. The second-order valence-electron chi connectivity index (χ2n) is 9.18. The number of rotatable bonds is 7. The van der Waals surface area contributed by atoms with Gasteiger partial charge in [0.2, 0.25) is 0 Å². The number of ether oxygens (including phenoxy) is 1. The van der Waals surface area contributed by atoms with Crippen molar-refractivity contribution in [3.05, 3.63) is 51.4 Å². The molecule has 1 unspecified atom stereocenters. The third-order valence-electron chi connectivity index (χ3n) is 6.71. The summed E-state index contributed by atoms with van der Waals surface area (Å²) < 4.78 is 9.50. The van der Waals surface area contributed by atoms with Crippen molar-refractivity contribution in [2.24, 2.45) is 5.92 Å². The molecule has 2 aromatic rings. The first-order chi connectivity index (χ1) is 15.7. The van der Waals surface area contributed by atoms with E-state index in [4.69, 9.17) is 16.3 Å². The molecule has 0 amide bonds. The SMILES string of the molecule is O=c1c(Cl)c(NCC2CCCOC2)cnn1C1CCN(Sc2ccc(C3CC3)cc2)CC1. The van der Waals surface area contributed by atoms with E-state index in [9.17, 15) is 4.79 Å². The van der Waals surface area contributed by atoms with Gasteiger partial charge in [0, 0.05) is 31.1 Å². The van der Waals surface area contributed by atoms with Crippen LogP contribution >= 0.6 is 23.5 Å². The number of anilines is 1. The fourth-order valence-electron chi connectivity index (χ4n) is 4.60. The number of halogens is 1. The second-order valence-corrected chi connectivity index (χ2v) is 10.7. The zero-order chi connectivity index (χ0) is 21.9. The standard InChI is InChI=1S/C24H31ClN4O2S/c25-23-22(26-14-17-2-1-13-31-16-17)15-27-29(24(23)30)20-9-11-28(12-10-20)32-21-7-5-19(6-8-21)18-3-4-18/h5-8,15,17-18,20,26H,1-4,9-14,16H2. The minimum absolute atomic E-state index is 0.0925. The minimum Gasteiger partial charge on any atom is -0.382 e. The zero-order valence-corrected chi connectivity index (χ0v) is 19.9. The van der Waals surface area contributed by atoms with Crippen molar-refractivity contribution in [1.82, 2.24) is 14.1 Å². The maximum atomic E-state index is 12.9. The van der Waals surface area contributed by atoms with Crippen LogP contribution in [0, 0.1) is 5.92 Å². The van der Waals surface area contributed by atoms with Gasteiger partial charge in [0.15, 0.2) is 0 Å². The van der Waals surface area contributed by atoms with Gasteiger partial charge in [-0.2, -0.15) is 5.10 Å². The first kappa shape index (κ1) is 22.3. The lowest BCUT2D eigenvalue weighted by Crippen LogP contribution is -2.36. The van der Waals surface area contributed by atoms with Gasteiger partial charge in [-0.3, -0.25) is 4.79 Å². The Morgan fingerprint density at radius 3 is 2.59 bits per heavy atom. The molecule has 1 aromatic heterocycles. The highest BCUT2D eigenvalue weighted by Gasteiger charge is 2.25. The topological polar surface area (TPSA) is 59.4 Å². The van der Waals surface area contributed by atoms with Crippen LogP contribution in [0.15, 0.2) is 40.2 Å². The molecule has 6 nitrogen and oxygen atoms in total. The molecule has 5 rings (SSSR count). The van der Waals surface area contributed by atoms with Gasteiger partial charge in [0.1, 0.15) is 5.02 Å². The Bertz CT molecular complexity index is 965. The predicted molar refractivity (Wildman–Crippen MR) is 130 cm³/mol. The lowest BCUT2D eigenvalue weighted by Gasteiger charge is -2.31. The molecular formula is C24H31ClN4O2S. The average molecular weight is 475 g/mol. The van der Waals surface area contributed by atoms with Gasteiger partial charge < -0.3 is 10.1 Å². The summed E-state index contributed by atoms with van der Waals surface area (Å²) in [6, 6.07) is 9.11. The molecule has 0 radical (unpaired) electrons. The Balaban J connectivity index is 1.15. The molecule has 2 saturated heterocycles. The van der Waals surface area contributed by atoms with Gasteiger partial charge in [-0.1, -0.05) is 23.7 Å². The van der Waals surface area contributed by atoms with Gasteiger partial charge in [0.25, 0.3) is 5.56 Å². The largest absolute Gasteiger partial charge is 0.382 e. The second kappa shape index (κ2) is 10.2. The maximum absolute atomic E-state index is 12.9. The summed E-state index contributed by atoms with van der Waals surface area (Å²) in [6.07, 6.45) is 8.38. The molecule has 2 aliphatic heterocycles. The van der Waals surface area contributed by atoms with Crippen LogP contribution in [-0.2, 0) is 4.74 Å². The van der Waals surface area contributed by atoms with Crippen LogP contribution in [0.1, 0.15) is 56.0 Å². The Morgan fingerprint density at radius 2 is 1.91 bits per heavy atom. The quantitative estimate of drug-likeness (QED) is 0.572. The summed E-state index contributed by atoms with van der Waals surface area (Å²) in [4.78, 5) is 14.2. The van der Waals surface area contributed by atoms with Crippen LogP contribution in [0.4, 0.5) is 5.69 Å². The molecule has 3 heterocycles. The zero-order valence-electron chi connectivity index (χ0n) is 18.3. The number of hydrogen-bond acceptors (Lipinski definition) is 6. The summed E-state index contributed by atoms with van der Waals surface area (Å²) in [5.74, 6) is 1.25. The molecule has 3 aliphatic rings. The summed E-state index contributed by atoms with van der Waals surface area (Å²) in [5, 5.41) is 8.01. The number of piperidine rings is 1. The van der Waals surface area contributed by atoms with Crippen molar-refractivity contribution in [2.75, 3.05) is 38.2 Å². The molecule has 1 aliphatic carbocycles. The summed E-state index contributed by atoms with van der Waals surface area (Å²) in [7, 11) is 0. The Kier molecular flexibility index (Phi) is 7.07. The molecular weight excluding hydrogens is 444 g/mol. The van der Waals surface area contributed by atoms with E-state index in [2.05, 4.69) is 39.0 Å². The third kappa shape index (κ3) is 5.33. The third-order valence-corrected chi connectivity index (χ3v) is 8.18. The van der Waals surface area contributed by atoms with Crippen molar-refractivity contribution >= 4 is 29.2 Å². The average Bonchev–Trinajstić information content (AvgIpc) is 3.68. The highest BCUT2D eigenvalue weighted by molar-refractivity contribution is 7.97. The maximum Gasteiger partial charge on any atom is 0.287 e. The number of nitrogens with one attached hydrogen (secondary N) is 1. The molecule has 172 valence electrons. The minimum atomic E-state index is -0.196. The predicted octanol–water partition coefficient (Wildman–Crippen LogP) is 4.96. The molecule has 1 saturated carbocycles. The first-order valence-electron chi connectivity index (χ1n) is 11.8. The van der Waals surface area contributed by atoms with Crippen LogP contribution in [-0.4, -0.2) is 46.9 Å². The highest BCUT2D eigenvalue weighted by Crippen LogP contribution is 2.40. The molecule has 8 heteroatoms. The lowest BCUT2D eigenvalue weighted by molar-refractivity contribution is 0.0595. The van der Waals surface area contributed by atoms with Crippen molar-refractivity contribution in [3.63, 3.8) is 0 Å². The van der Waals surface area contributed by atoms with Crippen LogP contribution < -0.4 is 10.9 Å². The van der Waals surface area contributed by atoms with Gasteiger partial charge >= 0.3 is 0 Å². The summed E-state index contributed by atoms with van der Waals surface area (Å²) in [5.41, 5.74) is 1.90. The van der Waals surface area contributed by atoms with Crippen LogP contribution in [0.2, 0.25) is 5.02 Å². The normalized spacial score (nSPS) is 22.7. The van der Waals surface area contributed by atoms with E-state index in [1.54, 1.807) is 10.9 Å². The molecule has 0 spiro atoms. The number of hydrogen-bond donors (Lipinski definition) is 1. The lowest BCUT2D eigenvalue weighted by atomic mass is 10.0. The molecule has 0 bridgehead atoms. The van der Waals surface area contributed by atoms with E-state index in [1.807, 2.05) is 11.9 Å². The van der Waals surface area contributed by atoms with Crippen molar-refractivity contribution in [3.8, 4) is 0 Å². The van der Waals surface area contributed by atoms with Crippen LogP contribution in [0.5, 0.6) is 0 Å². The number of benzene rings is 1. The summed E-state index contributed by atoms with van der Waals surface area (Å²) in [6.45, 7) is 4.21. The van der Waals surface area contributed by atoms with Crippen molar-refractivity contribution in [1.29, 1.82) is 0 Å². The number of nitrogens with zero attached hydrogens (tertiary/aromatic N) is 3. The first-order valence-corrected chi connectivity index (χ1v) is 12.9. The van der Waals surface area contributed by atoms with Gasteiger partial charge in [0.05, 0.1) is 24.5 Å². The van der Waals surface area contributed by atoms with Gasteiger partial charge in [-0.05, 0) is 80.0 Å². The molecule has 1 aromatic carbocycles. The monoisotopic (exact) mass is 474 g/mol. The number of aromatic nitrogens is 2. The molecule has 1 N–H and O–H groups in total. The van der Waals surface area contributed by atoms with Crippen LogP contribution in [0.25, 0.3) is 0 Å². The smallest absolute Gasteiger partial charge is 0.287 e. The van der Waals surface area contributed by atoms with E-state index >= 15 is 0 Å². The van der Waals surface area contributed by atoms with Crippen LogP contribution in [0.3, 0.4) is 0 Å². The Morgan fingerprint density at radius 1 is 1.12 bits per heavy atom. The Hall–Kier alpha value is -1.54. The van der Waals surface area contributed by atoms with E-state index in [0.29, 0.717) is 11.6 Å². The van der Waals surface area contributed by atoms with Crippen molar-refractivity contribution < 1.29 is 4.74 Å². The molecule has 32 heavy (non-hydrogen) atoms. The van der Waals surface area contributed by atoms with Gasteiger partial charge in [-0.15, -0.1) is 0 Å². The van der Waals surface area contributed by atoms with E-state index < -0.39 is 0 Å². The highest BCUT2D eigenvalue weighted by atomic mass is 35.5. The van der Waals surface area contributed by atoms with E-state index in [-0.39, 0.29) is 16.6 Å². The van der Waals surface area contributed by atoms with Crippen molar-refractivity contribution in [2.45, 2.75) is 55.4 Å². The van der Waals surface area contributed by atoms with Gasteiger partial charge in [-0.25, -0.2) is 8.99 Å². The molecule has 1 atom stereocenters. The van der Waals surface area contributed by atoms with E-state index in [0.717, 1.165) is 64.4 Å².